The number of hydrogen-bond donors (Lipinski definition) is 0. The third-order valence-electron chi connectivity index (χ3n) is 2.15. The highest BCUT2D eigenvalue weighted by atomic mass is 16.5. The van der Waals surface area contributed by atoms with Crippen LogP contribution in [0.15, 0.2) is 30.0 Å². The first kappa shape index (κ1) is 13.0. The van der Waals surface area contributed by atoms with Gasteiger partial charge in [0.05, 0.1) is 13.2 Å². The van der Waals surface area contributed by atoms with E-state index < -0.39 is 5.97 Å². The van der Waals surface area contributed by atoms with E-state index in [1.165, 1.54) is 0 Å². The molecule has 0 saturated heterocycles. The Balaban J connectivity index is 2.83. The van der Waals surface area contributed by atoms with E-state index in [1.54, 1.807) is 6.08 Å². The molecule has 0 aromatic heterocycles. The number of ether oxygens (including phenoxy) is 1. The molecule has 3 nitrogen and oxygen atoms in total. The molecule has 0 aliphatic rings. The summed E-state index contributed by atoms with van der Waals surface area (Å²) in [7, 11) is 0. The fourth-order valence-corrected chi connectivity index (χ4v) is 1.23. The number of esters is 1. The van der Waals surface area contributed by atoms with Gasteiger partial charge in [-0.15, -0.1) is 0 Å². The van der Waals surface area contributed by atoms with E-state index in [9.17, 15) is 4.79 Å². The minimum Gasteiger partial charge on any atom is -0.471 e. The zero-order chi connectivity index (χ0) is 12.7. The highest BCUT2D eigenvalue weighted by Crippen LogP contribution is 2.11. The lowest BCUT2D eigenvalue weighted by Crippen LogP contribution is -2.06. The largest absolute Gasteiger partial charge is 0.471 e. The summed E-state index contributed by atoms with van der Waals surface area (Å²) >= 11 is 0. The summed E-state index contributed by atoms with van der Waals surface area (Å²) in [6.45, 7) is 11.2. The van der Waals surface area contributed by atoms with Gasteiger partial charge >= 0.3 is 5.97 Å². The third kappa shape index (κ3) is 4.12. The van der Waals surface area contributed by atoms with E-state index >= 15 is 0 Å². The first-order valence-electron chi connectivity index (χ1n) is 5.50. The van der Waals surface area contributed by atoms with E-state index in [4.69, 9.17) is 11.3 Å². The zero-order valence-electron chi connectivity index (χ0n) is 10.1. The maximum absolute atomic E-state index is 11.5. The number of rotatable bonds is 4. The van der Waals surface area contributed by atoms with Crippen molar-refractivity contribution in [1.29, 1.82) is 0 Å². The predicted octanol–water partition coefficient (Wildman–Crippen LogP) is 3.21. The highest BCUT2D eigenvalue weighted by molar-refractivity contribution is 5.95. The summed E-state index contributed by atoms with van der Waals surface area (Å²) in [6, 6.07) is 7.61. The number of carbonyl (C=O) groups is 1. The smallest absolute Gasteiger partial charge is 0.336 e. The summed E-state index contributed by atoms with van der Waals surface area (Å²) in [6.07, 6.45) is 2.30. The summed E-state index contributed by atoms with van der Waals surface area (Å²) in [5, 5.41) is 0. The molecular formula is C14H15NO2. The van der Waals surface area contributed by atoms with Crippen LogP contribution in [0.1, 0.15) is 24.5 Å². The Kier molecular flexibility index (Phi) is 4.96. The lowest BCUT2D eigenvalue weighted by atomic mass is 10.1. The molecule has 1 aromatic rings. The molecule has 0 aliphatic carbocycles. The molecule has 0 radical (unpaired) electrons. The second kappa shape index (κ2) is 6.49. The minimum atomic E-state index is -0.553. The van der Waals surface area contributed by atoms with Crippen LogP contribution in [-0.2, 0) is 9.53 Å². The molecule has 3 heteroatoms. The third-order valence-corrected chi connectivity index (χ3v) is 2.15. The maximum Gasteiger partial charge on any atom is 0.336 e. The summed E-state index contributed by atoms with van der Waals surface area (Å²) in [4.78, 5) is 14.7. The topological polar surface area (TPSA) is 30.7 Å². The van der Waals surface area contributed by atoms with Gasteiger partial charge in [0.1, 0.15) is 0 Å². The van der Waals surface area contributed by atoms with Crippen LogP contribution in [-0.4, -0.2) is 12.6 Å². The minimum absolute atomic E-state index is 0.0160. The van der Waals surface area contributed by atoms with Crippen molar-refractivity contribution in [3.8, 4) is 0 Å². The monoisotopic (exact) mass is 229 g/mol. The van der Waals surface area contributed by atoms with Crippen LogP contribution in [0.2, 0.25) is 0 Å². The maximum atomic E-state index is 11.5. The molecule has 88 valence electrons. The van der Waals surface area contributed by atoms with E-state index in [2.05, 4.69) is 4.85 Å². The molecule has 0 bridgehead atoms. The van der Waals surface area contributed by atoms with E-state index in [1.807, 2.05) is 38.1 Å². The van der Waals surface area contributed by atoms with Gasteiger partial charge in [-0.1, -0.05) is 36.8 Å². The SMILES string of the molecule is [C-]#[N+]C(=Cc1ccc(C)cc1)C(=O)OCCC. The molecule has 0 N–H and O–H groups in total. The molecular weight excluding hydrogens is 214 g/mol. The summed E-state index contributed by atoms with van der Waals surface area (Å²) in [5.41, 5.74) is 1.98. The average molecular weight is 229 g/mol. The van der Waals surface area contributed by atoms with Gasteiger partial charge in [0, 0.05) is 0 Å². The van der Waals surface area contributed by atoms with Gasteiger partial charge in [-0.25, -0.2) is 4.85 Å². The van der Waals surface area contributed by atoms with Gasteiger partial charge in [0.2, 0.25) is 0 Å². The van der Waals surface area contributed by atoms with Gasteiger partial charge in [0.15, 0.2) is 0 Å². The predicted molar refractivity (Wildman–Crippen MR) is 67.0 cm³/mol. The Morgan fingerprint density at radius 1 is 1.41 bits per heavy atom. The number of carbonyl (C=O) groups excluding carboxylic acids is 1. The normalized spacial score (nSPS) is 10.8. The van der Waals surface area contributed by atoms with Crippen LogP contribution in [0.3, 0.4) is 0 Å². The Morgan fingerprint density at radius 3 is 2.59 bits per heavy atom. The van der Waals surface area contributed by atoms with Crippen molar-refractivity contribution in [1.82, 2.24) is 0 Å². The average Bonchev–Trinajstić information content (AvgIpc) is 2.35. The molecule has 0 fully saturated rings. The quantitative estimate of drug-likeness (QED) is 0.451. The van der Waals surface area contributed by atoms with E-state index in [-0.39, 0.29) is 5.70 Å². The molecule has 1 rings (SSSR count). The zero-order valence-corrected chi connectivity index (χ0v) is 10.1. The van der Waals surface area contributed by atoms with Crippen LogP contribution in [0, 0.1) is 13.5 Å². The number of nitrogens with zero attached hydrogens (tertiary/aromatic N) is 1. The second-order valence-electron chi connectivity index (χ2n) is 3.69. The van der Waals surface area contributed by atoms with Crippen LogP contribution in [0.25, 0.3) is 10.9 Å². The lowest BCUT2D eigenvalue weighted by molar-refractivity contribution is -0.138. The van der Waals surface area contributed by atoms with Crippen molar-refractivity contribution in [3.63, 3.8) is 0 Å². The first-order valence-corrected chi connectivity index (χ1v) is 5.50. The van der Waals surface area contributed by atoms with Gasteiger partial charge in [-0.3, -0.25) is 4.79 Å². The Hall–Kier alpha value is -2.08. The summed E-state index contributed by atoms with van der Waals surface area (Å²) < 4.78 is 4.92. The van der Waals surface area contributed by atoms with Gasteiger partial charge in [0.25, 0.3) is 5.70 Å². The Bertz CT molecular complexity index is 452. The van der Waals surface area contributed by atoms with Crippen molar-refractivity contribution in [2.45, 2.75) is 20.3 Å². The first-order chi connectivity index (χ1) is 8.17. The van der Waals surface area contributed by atoms with E-state index in [0.717, 1.165) is 17.5 Å². The van der Waals surface area contributed by atoms with Crippen molar-refractivity contribution < 1.29 is 9.53 Å². The number of aryl methyl sites for hydroxylation is 1. The van der Waals surface area contributed by atoms with Crippen molar-refractivity contribution in [3.05, 3.63) is 52.5 Å². The second-order valence-corrected chi connectivity index (χ2v) is 3.69. The van der Waals surface area contributed by atoms with Crippen LogP contribution >= 0.6 is 0 Å². The lowest BCUT2D eigenvalue weighted by Gasteiger charge is -2.01. The Morgan fingerprint density at radius 2 is 2.06 bits per heavy atom. The van der Waals surface area contributed by atoms with Gasteiger partial charge in [-0.2, -0.15) is 0 Å². The van der Waals surface area contributed by atoms with Gasteiger partial charge < -0.3 is 4.74 Å². The highest BCUT2D eigenvalue weighted by Gasteiger charge is 2.10. The van der Waals surface area contributed by atoms with Crippen LogP contribution < -0.4 is 0 Å². The standard InChI is InChI=1S/C14H15NO2/c1-4-9-17-14(16)13(15-3)10-12-7-5-11(2)6-8-12/h5-8,10H,4,9H2,1-2H3. The number of benzene rings is 1. The molecule has 0 saturated carbocycles. The molecule has 0 atom stereocenters. The molecule has 0 heterocycles. The Labute approximate surface area is 102 Å². The van der Waals surface area contributed by atoms with Crippen molar-refractivity contribution in [2.75, 3.05) is 6.61 Å². The van der Waals surface area contributed by atoms with Crippen LogP contribution in [0.5, 0.6) is 0 Å². The molecule has 0 unspecified atom stereocenters. The fourth-order valence-electron chi connectivity index (χ4n) is 1.23. The van der Waals surface area contributed by atoms with Crippen molar-refractivity contribution in [2.24, 2.45) is 0 Å². The molecule has 0 amide bonds. The fraction of sp³-hybridized carbons (Fsp3) is 0.286. The molecule has 17 heavy (non-hydrogen) atoms. The van der Waals surface area contributed by atoms with E-state index in [0.29, 0.717) is 6.61 Å². The molecule has 0 aliphatic heterocycles. The number of hydrogen-bond acceptors (Lipinski definition) is 2. The summed E-state index contributed by atoms with van der Waals surface area (Å²) in [5.74, 6) is -0.553. The molecule has 0 spiro atoms. The molecule has 1 aromatic carbocycles. The van der Waals surface area contributed by atoms with Crippen LogP contribution in [0.4, 0.5) is 0 Å². The van der Waals surface area contributed by atoms with Crippen molar-refractivity contribution >= 4 is 12.0 Å². The van der Waals surface area contributed by atoms with Gasteiger partial charge in [-0.05, 0) is 25.0 Å².